The number of hydrogen-bond donors (Lipinski definition) is 1. The molecule has 2 N–H and O–H groups in total. The van der Waals surface area contributed by atoms with Crippen molar-refractivity contribution in [3.05, 3.63) is 35.6 Å². The Morgan fingerprint density at radius 2 is 2.00 bits per heavy atom. The van der Waals surface area contributed by atoms with E-state index in [4.69, 9.17) is 10.5 Å². The van der Waals surface area contributed by atoms with E-state index in [1.54, 1.807) is 23.1 Å². The molecule has 5 nitrogen and oxygen atoms in total. The van der Waals surface area contributed by atoms with E-state index in [2.05, 4.69) is 0 Å². The third kappa shape index (κ3) is 3.71. The zero-order chi connectivity index (χ0) is 16.2. The minimum absolute atomic E-state index is 0.0126. The predicted octanol–water partition coefficient (Wildman–Crippen LogP) is 1.15. The van der Waals surface area contributed by atoms with Crippen LogP contribution in [0.25, 0.3) is 0 Å². The molecule has 0 aromatic heterocycles. The van der Waals surface area contributed by atoms with Crippen molar-refractivity contribution >= 4 is 5.91 Å². The number of piperidine rings is 1. The first-order valence-electron chi connectivity index (χ1n) is 8.27. The van der Waals surface area contributed by atoms with Gasteiger partial charge in [0.15, 0.2) is 0 Å². The monoisotopic (exact) mass is 321 g/mol. The molecule has 2 fully saturated rings. The second kappa shape index (κ2) is 7.38. The second-order valence-electron chi connectivity index (χ2n) is 6.26. The van der Waals surface area contributed by atoms with Gasteiger partial charge in [-0.3, -0.25) is 9.69 Å². The first-order valence-corrected chi connectivity index (χ1v) is 8.27. The van der Waals surface area contributed by atoms with Crippen molar-refractivity contribution in [2.45, 2.75) is 24.9 Å². The summed E-state index contributed by atoms with van der Waals surface area (Å²) in [5.74, 6) is -0.384. The lowest BCUT2D eigenvalue weighted by Gasteiger charge is -2.39. The maximum absolute atomic E-state index is 14.3. The molecule has 3 rings (SSSR count). The molecule has 0 unspecified atom stereocenters. The summed E-state index contributed by atoms with van der Waals surface area (Å²) in [7, 11) is 0. The van der Waals surface area contributed by atoms with Gasteiger partial charge in [-0.1, -0.05) is 18.2 Å². The highest BCUT2D eigenvalue weighted by Crippen LogP contribution is 2.27. The molecule has 2 aliphatic rings. The van der Waals surface area contributed by atoms with Gasteiger partial charge in [0, 0.05) is 37.8 Å². The van der Waals surface area contributed by atoms with Crippen LogP contribution >= 0.6 is 0 Å². The van der Waals surface area contributed by atoms with Gasteiger partial charge in [-0.15, -0.1) is 0 Å². The van der Waals surface area contributed by atoms with Crippen molar-refractivity contribution in [2.75, 3.05) is 39.4 Å². The normalized spacial score (nSPS) is 24.4. The molecule has 1 aromatic rings. The van der Waals surface area contributed by atoms with Gasteiger partial charge >= 0.3 is 0 Å². The van der Waals surface area contributed by atoms with E-state index in [1.807, 2.05) is 4.90 Å². The van der Waals surface area contributed by atoms with Crippen LogP contribution in [-0.4, -0.2) is 61.1 Å². The third-order valence-electron chi connectivity index (χ3n) is 4.61. The Morgan fingerprint density at radius 3 is 2.70 bits per heavy atom. The number of amides is 1. The molecule has 23 heavy (non-hydrogen) atoms. The van der Waals surface area contributed by atoms with Gasteiger partial charge in [0.1, 0.15) is 11.9 Å². The maximum Gasteiger partial charge on any atom is 0.244 e. The second-order valence-corrected chi connectivity index (χ2v) is 6.26. The van der Waals surface area contributed by atoms with E-state index in [-0.39, 0.29) is 17.8 Å². The Bertz CT molecular complexity index is 548. The summed E-state index contributed by atoms with van der Waals surface area (Å²) in [6.45, 7) is 3.64. The number of nitrogens with two attached hydrogens (primary N) is 1. The predicted molar refractivity (Wildman–Crippen MR) is 85.3 cm³/mol. The highest BCUT2D eigenvalue weighted by atomic mass is 19.1. The lowest BCUT2D eigenvalue weighted by atomic mass is 10.00. The molecule has 126 valence electrons. The van der Waals surface area contributed by atoms with Crippen LogP contribution < -0.4 is 5.73 Å². The van der Waals surface area contributed by atoms with E-state index >= 15 is 0 Å². The van der Waals surface area contributed by atoms with Crippen LogP contribution in [-0.2, 0) is 9.53 Å². The first kappa shape index (κ1) is 16.4. The number of hydrogen-bond acceptors (Lipinski definition) is 4. The minimum Gasteiger partial charge on any atom is -0.379 e. The molecular weight excluding hydrogens is 297 g/mol. The van der Waals surface area contributed by atoms with Crippen molar-refractivity contribution < 1.29 is 13.9 Å². The topological polar surface area (TPSA) is 58.8 Å². The first-order chi connectivity index (χ1) is 11.2. The van der Waals surface area contributed by atoms with Crippen LogP contribution in [0, 0.1) is 5.82 Å². The lowest BCUT2D eigenvalue weighted by Crippen LogP contribution is -2.52. The Hall–Kier alpha value is -1.50. The van der Waals surface area contributed by atoms with Crippen molar-refractivity contribution in [2.24, 2.45) is 5.73 Å². The highest BCUT2D eigenvalue weighted by Gasteiger charge is 2.35. The van der Waals surface area contributed by atoms with Crippen LogP contribution in [0.2, 0.25) is 0 Å². The quantitative estimate of drug-likeness (QED) is 0.907. The van der Waals surface area contributed by atoms with Gasteiger partial charge < -0.3 is 15.4 Å². The van der Waals surface area contributed by atoms with Crippen LogP contribution in [0.1, 0.15) is 24.4 Å². The molecule has 6 heteroatoms. The van der Waals surface area contributed by atoms with Crippen molar-refractivity contribution in [3.63, 3.8) is 0 Å². The highest BCUT2D eigenvalue weighted by molar-refractivity contribution is 5.83. The Labute approximate surface area is 136 Å². The van der Waals surface area contributed by atoms with Gasteiger partial charge in [-0.05, 0) is 18.9 Å². The summed E-state index contributed by atoms with van der Waals surface area (Å²) >= 11 is 0. The van der Waals surface area contributed by atoms with Gasteiger partial charge in [0.05, 0.1) is 13.2 Å². The van der Waals surface area contributed by atoms with Gasteiger partial charge in [0.25, 0.3) is 0 Å². The molecule has 0 saturated carbocycles. The number of halogens is 1. The molecule has 2 saturated heterocycles. The van der Waals surface area contributed by atoms with Gasteiger partial charge in [0.2, 0.25) is 5.91 Å². The number of ether oxygens (including phenoxy) is 1. The molecule has 0 radical (unpaired) electrons. The fourth-order valence-electron chi connectivity index (χ4n) is 3.40. The average Bonchev–Trinajstić information content (AvgIpc) is 2.58. The SMILES string of the molecule is N[C@@H]1CCCN(C(=O)[C@H](c2ccccc2F)N2CCOCC2)C1. The number of carbonyl (C=O) groups excluding carboxylic acids is 1. The zero-order valence-corrected chi connectivity index (χ0v) is 13.3. The summed E-state index contributed by atoms with van der Waals surface area (Å²) in [6.07, 6.45) is 1.84. The zero-order valence-electron chi connectivity index (χ0n) is 13.3. The lowest BCUT2D eigenvalue weighted by molar-refractivity contribution is -0.140. The maximum atomic E-state index is 14.3. The average molecular weight is 321 g/mol. The van der Waals surface area contributed by atoms with Gasteiger partial charge in [-0.2, -0.15) is 0 Å². The molecule has 1 aromatic carbocycles. The summed E-state index contributed by atoms with van der Waals surface area (Å²) in [5.41, 5.74) is 6.45. The van der Waals surface area contributed by atoms with E-state index in [1.165, 1.54) is 6.07 Å². The number of carbonyl (C=O) groups is 1. The van der Waals surface area contributed by atoms with Crippen molar-refractivity contribution in [1.29, 1.82) is 0 Å². The number of benzene rings is 1. The van der Waals surface area contributed by atoms with E-state index in [0.29, 0.717) is 45.0 Å². The summed E-state index contributed by atoms with van der Waals surface area (Å²) in [5, 5.41) is 0. The Morgan fingerprint density at radius 1 is 1.26 bits per heavy atom. The van der Waals surface area contributed by atoms with Crippen molar-refractivity contribution in [3.8, 4) is 0 Å². The van der Waals surface area contributed by atoms with E-state index in [0.717, 1.165) is 12.8 Å². The number of rotatable bonds is 3. The summed E-state index contributed by atoms with van der Waals surface area (Å²) in [4.78, 5) is 16.9. The largest absolute Gasteiger partial charge is 0.379 e. The fraction of sp³-hybridized carbons (Fsp3) is 0.588. The fourth-order valence-corrected chi connectivity index (χ4v) is 3.40. The molecule has 1 amide bonds. The summed E-state index contributed by atoms with van der Waals surface area (Å²) < 4.78 is 19.7. The van der Waals surface area contributed by atoms with Crippen LogP contribution in [0.4, 0.5) is 4.39 Å². The number of likely N-dealkylation sites (tertiary alicyclic amines) is 1. The van der Waals surface area contributed by atoms with Gasteiger partial charge in [-0.25, -0.2) is 4.39 Å². The van der Waals surface area contributed by atoms with Crippen molar-refractivity contribution in [1.82, 2.24) is 9.80 Å². The molecule has 2 atom stereocenters. The number of nitrogens with zero attached hydrogens (tertiary/aromatic N) is 2. The Kier molecular flexibility index (Phi) is 5.25. The van der Waals surface area contributed by atoms with Crippen LogP contribution in [0.15, 0.2) is 24.3 Å². The molecule has 0 aliphatic carbocycles. The molecular formula is C17H24FN3O2. The van der Waals surface area contributed by atoms with Crippen LogP contribution in [0.3, 0.4) is 0 Å². The van der Waals surface area contributed by atoms with E-state index < -0.39 is 6.04 Å². The Balaban J connectivity index is 1.88. The smallest absolute Gasteiger partial charge is 0.244 e. The molecule has 0 bridgehead atoms. The number of morpholine rings is 1. The minimum atomic E-state index is -0.592. The van der Waals surface area contributed by atoms with Crippen LogP contribution in [0.5, 0.6) is 0 Å². The molecule has 0 spiro atoms. The standard InChI is InChI=1S/C17H24FN3O2/c18-15-6-2-1-5-14(15)16(20-8-10-23-11-9-20)17(22)21-7-3-4-13(19)12-21/h1-2,5-6,13,16H,3-4,7-12,19H2/t13-,16+/m1/s1. The van der Waals surface area contributed by atoms with E-state index in [9.17, 15) is 9.18 Å². The third-order valence-corrected chi connectivity index (χ3v) is 4.61. The molecule has 2 aliphatic heterocycles. The summed E-state index contributed by atoms with van der Waals surface area (Å²) in [6, 6.07) is 5.97. The molecule has 2 heterocycles.